The summed E-state index contributed by atoms with van der Waals surface area (Å²) in [6.07, 6.45) is -2.06. The number of nitrogens with zero attached hydrogens (tertiary/aromatic N) is 2. The Labute approximate surface area is 215 Å². The van der Waals surface area contributed by atoms with Crippen molar-refractivity contribution in [2.24, 2.45) is 0 Å². The Morgan fingerprint density at radius 3 is 2.36 bits per heavy atom. The number of aliphatic hydroxyl groups excluding tert-OH is 1. The van der Waals surface area contributed by atoms with Crippen molar-refractivity contribution >= 4 is 18.1 Å². The molecule has 204 valence electrons. The molecule has 4 atom stereocenters. The molecule has 0 aliphatic carbocycles. The van der Waals surface area contributed by atoms with Crippen LogP contribution in [0, 0.1) is 0 Å². The number of aliphatic hydroxyl groups is 1. The Hall–Kier alpha value is -1.43. The predicted molar refractivity (Wildman–Crippen MR) is 130 cm³/mol. The van der Waals surface area contributed by atoms with Gasteiger partial charge in [0.15, 0.2) is 12.1 Å². The second-order valence-corrected chi connectivity index (χ2v) is 10.5. The zero-order chi connectivity index (χ0) is 26.7. The van der Waals surface area contributed by atoms with Gasteiger partial charge in [-0.1, -0.05) is 25.4 Å². The maximum absolute atomic E-state index is 13.5. The van der Waals surface area contributed by atoms with E-state index >= 15 is 0 Å². The predicted octanol–water partition coefficient (Wildman–Crippen LogP) is 4.36. The Morgan fingerprint density at radius 1 is 1.22 bits per heavy atom. The molecule has 0 saturated carbocycles. The fourth-order valence-corrected chi connectivity index (χ4v) is 5.88. The van der Waals surface area contributed by atoms with Gasteiger partial charge in [-0.3, -0.25) is 19.9 Å². The molecular formula is C25H37ClF3N3O4. The van der Waals surface area contributed by atoms with Crippen molar-refractivity contribution in [1.82, 2.24) is 15.1 Å². The Bertz CT molecular complexity index is 875. The van der Waals surface area contributed by atoms with Crippen LogP contribution in [0.1, 0.15) is 64.5 Å². The first-order valence-electron chi connectivity index (χ1n) is 12.4. The monoisotopic (exact) mass is 535 g/mol. The van der Waals surface area contributed by atoms with Crippen LogP contribution in [0.15, 0.2) is 18.2 Å². The van der Waals surface area contributed by atoms with Crippen LogP contribution in [0.2, 0.25) is 5.02 Å². The van der Waals surface area contributed by atoms with Crippen molar-refractivity contribution in [3.63, 3.8) is 0 Å². The van der Waals surface area contributed by atoms with Gasteiger partial charge in [0.2, 0.25) is 0 Å². The molecular weight excluding hydrogens is 499 g/mol. The van der Waals surface area contributed by atoms with Crippen LogP contribution in [0.5, 0.6) is 0 Å². The highest BCUT2D eigenvalue weighted by Gasteiger charge is 2.46. The zero-order valence-electron chi connectivity index (χ0n) is 21.2. The van der Waals surface area contributed by atoms with Crippen molar-refractivity contribution in [3.05, 3.63) is 34.3 Å². The Balaban J connectivity index is 1.94. The SMILES string of the molecule is CCC1CC(N(Cc2cc(Cl)cc(C(F)(F)F)c2)C2NC(CO)CO2)CC(CC)N1C(C)(C)OC=O. The van der Waals surface area contributed by atoms with E-state index in [1.165, 1.54) is 0 Å². The minimum Gasteiger partial charge on any atom is -0.446 e. The zero-order valence-corrected chi connectivity index (χ0v) is 22.0. The summed E-state index contributed by atoms with van der Waals surface area (Å²) >= 11 is 6.07. The van der Waals surface area contributed by atoms with E-state index in [0.717, 1.165) is 25.0 Å². The van der Waals surface area contributed by atoms with Crippen molar-refractivity contribution in [3.8, 4) is 0 Å². The van der Waals surface area contributed by atoms with Gasteiger partial charge in [-0.2, -0.15) is 13.2 Å². The third-order valence-corrected chi connectivity index (χ3v) is 7.47. The van der Waals surface area contributed by atoms with Gasteiger partial charge in [-0.05, 0) is 63.3 Å². The Kier molecular flexibility index (Phi) is 9.68. The standard InChI is InChI=1S/C25H37ClF3N3O4/c1-5-20-10-22(11-21(6-2)32(20)24(3,4)36-15-34)31(23-30-19(13-33)14-35-23)12-16-7-17(25(27,28)29)9-18(26)8-16/h7-9,15,19-23,30,33H,5-6,10-14H2,1-4H3. The first kappa shape index (κ1) is 29.1. The summed E-state index contributed by atoms with van der Waals surface area (Å²) in [7, 11) is 0. The van der Waals surface area contributed by atoms with Crippen LogP contribution in [0.4, 0.5) is 13.2 Å². The molecule has 2 fully saturated rings. The van der Waals surface area contributed by atoms with E-state index < -0.39 is 23.8 Å². The number of likely N-dealkylation sites (tertiary alicyclic amines) is 1. The maximum Gasteiger partial charge on any atom is 0.416 e. The lowest BCUT2D eigenvalue weighted by Gasteiger charge is -2.53. The van der Waals surface area contributed by atoms with Crippen LogP contribution < -0.4 is 5.32 Å². The summed E-state index contributed by atoms with van der Waals surface area (Å²) < 4.78 is 51.8. The van der Waals surface area contributed by atoms with E-state index in [0.29, 0.717) is 31.5 Å². The van der Waals surface area contributed by atoms with E-state index in [9.17, 15) is 23.1 Å². The molecule has 1 aromatic rings. The molecule has 2 N–H and O–H groups in total. The fraction of sp³-hybridized carbons (Fsp3) is 0.720. The molecule has 1 aromatic carbocycles. The van der Waals surface area contributed by atoms with E-state index in [1.807, 2.05) is 18.7 Å². The van der Waals surface area contributed by atoms with Crippen molar-refractivity contribution in [2.75, 3.05) is 13.2 Å². The molecule has 0 aromatic heterocycles. The number of piperidine rings is 1. The van der Waals surface area contributed by atoms with Crippen LogP contribution >= 0.6 is 11.6 Å². The minimum absolute atomic E-state index is 0.0220. The van der Waals surface area contributed by atoms with E-state index in [4.69, 9.17) is 21.1 Å². The number of carbonyl (C=O) groups is 1. The van der Waals surface area contributed by atoms with Gasteiger partial charge < -0.3 is 14.6 Å². The summed E-state index contributed by atoms with van der Waals surface area (Å²) in [4.78, 5) is 15.5. The van der Waals surface area contributed by atoms with Crippen LogP contribution in [-0.4, -0.2) is 70.8 Å². The molecule has 0 spiro atoms. The molecule has 36 heavy (non-hydrogen) atoms. The number of nitrogens with one attached hydrogen (secondary N) is 1. The molecule has 2 heterocycles. The minimum atomic E-state index is -4.51. The number of alkyl halides is 3. The largest absolute Gasteiger partial charge is 0.446 e. The lowest BCUT2D eigenvalue weighted by atomic mass is 9.85. The number of carbonyl (C=O) groups excluding carboxylic acids is 1. The molecule has 0 radical (unpaired) electrons. The number of hydrogen-bond acceptors (Lipinski definition) is 7. The topological polar surface area (TPSA) is 74.3 Å². The van der Waals surface area contributed by atoms with Gasteiger partial charge in [0.05, 0.1) is 24.8 Å². The van der Waals surface area contributed by atoms with Crippen molar-refractivity contribution in [1.29, 1.82) is 0 Å². The first-order valence-corrected chi connectivity index (χ1v) is 12.8. The molecule has 0 amide bonds. The summed E-state index contributed by atoms with van der Waals surface area (Å²) in [5.41, 5.74) is -1.16. The van der Waals surface area contributed by atoms with E-state index in [2.05, 4.69) is 24.1 Å². The molecule has 7 nitrogen and oxygen atoms in total. The van der Waals surface area contributed by atoms with Crippen molar-refractivity contribution in [2.45, 2.75) is 102 Å². The van der Waals surface area contributed by atoms with Gasteiger partial charge in [0, 0.05) is 29.7 Å². The van der Waals surface area contributed by atoms with Crippen LogP contribution in [0.3, 0.4) is 0 Å². The molecule has 2 saturated heterocycles. The molecule has 3 rings (SSSR count). The summed E-state index contributed by atoms with van der Waals surface area (Å²) in [6.45, 7) is 8.76. The third kappa shape index (κ3) is 6.71. The lowest BCUT2D eigenvalue weighted by Crippen LogP contribution is -2.63. The van der Waals surface area contributed by atoms with Gasteiger partial charge in [0.25, 0.3) is 6.47 Å². The second-order valence-electron chi connectivity index (χ2n) is 10.1. The number of halogens is 4. The third-order valence-electron chi connectivity index (χ3n) is 7.25. The lowest BCUT2D eigenvalue weighted by molar-refractivity contribution is -0.188. The first-order chi connectivity index (χ1) is 16.9. The number of ether oxygens (including phenoxy) is 2. The number of hydrogen-bond donors (Lipinski definition) is 2. The molecule has 2 aliphatic heterocycles. The Morgan fingerprint density at radius 2 is 1.86 bits per heavy atom. The summed E-state index contributed by atoms with van der Waals surface area (Å²) in [6, 6.07) is 3.46. The highest BCUT2D eigenvalue weighted by molar-refractivity contribution is 6.30. The molecule has 4 unspecified atom stereocenters. The van der Waals surface area contributed by atoms with Crippen LogP contribution in [-0.2, 0) is 27.0 Å². The smallest absolute Gasteiger partial charge is 0.416 e. The fourth-order valence-electron chi connectivity index (χ4n) is 5.63. The second kappa shape index (κ2) is 12.0. The maximum atomic E-state index is 13.5. The van der Waals surface area contributed by atoms with Gasteiger partial charge in [-0.25, -0.2) is 0 Å². The normalized spacial score (nSPS) is 28.0. The van der Waals surface area contributed by atoms with Gasteiger partial charge in [-0.15, -0.1) is 0 Å². The van der Waals surface area contributed by atoms with E-state index in [-0.39, 0.29) is 42.3 Å². The number of benzene rings is 1. The average molecular weight is 536 g/mol. The molecule has 0 bridgehead atoms. The van der Waals surface area contributed by atoms with Crippen molar-refractivity contribution < 1.29 is 32.5 Å². The van der Waals surface area contributed by atoms with Gasteiger partial charge >= 0.3 is 6.18 Å². The average Bonchev–Trinajstić information content (AvgIpc) is 3.29. The summed E-state index contributed by atoms with van der Waals surface area (Å²) in [5.74, 6) is 0. The van der Waals surface area contributed by atoms with Crippen LogP contribution in [0.25, 0.3) is 0 Å². The summed E-state index contributed by atoms with van der Waals surface area (Å²) in [5, 5.41) is 12.9. The van der Waals surface area contributed by atoms with E-state index in [1.54, 1.807) is 6.07 Å². The van der Waals surface area contributed by atoms with Gasteiger partial charge in [0.1, 0.15) is 0 Å². The molecule has 2 aliphatic rings. The highest BCUT2D eigenvalue weighted by Crippen LogP contribution is 2.38. The quantitative estimate of drug-likeness (QED) is 0.431. The molecule has 11 heteroatoms. The number of rotatable bonds is 10. The highest BCUT2D eigenvalue weighted by atomic mass is 35.5.